The first-order valence-corrected chi connectivity index (χ1v) is 11.0. The lowest BCUT2D eigenvalue weighted by atomic mass is 9.73. The summed E-state index contributed by atoms with van der Waals surface area (Å²) in [4.78, 5) is 14.2. The minimum atomic E-state index is -0.666. The van der Waals surface area contributed by atoms with Gasteiger partial charge in [-0.3, -0.25) is 4.90 Å². The van der Waals surface area contributed by atoms with Crippen LogP contribution in [0.3, 0.4) is 0 Å². The number of hydrogen-bond donors (Lipinski definition) is 2. The highest BCUT2D eigenvalue weighted by atomic mass is 32.1. The number of nitrogens with zero attached hydrogens (tertiary/aromatic N) is 3. The zero-order valence-electron chi connectivity index (χ0n) is 16.6. The molecule has 0 radical (unpaired) electrons. The average Bonchev–Trinajstić information content (AvgIpc) is 3.02. The summed E-state index contributed by atoms with van der Waals surface area (Å²) in [6, 6.07) is 2.33. The van der Waals surface area contributed by atoms with Crippen LogP contribution in [0.1, 0.15) is 68.3 Å². The Kier molecular flexibility index (Phi) is 5.27. The summed E-state index contributed by atoms with van der Waals surface area (Å²) in [5.74, 6) is 1.46. The number of piperidine rings is 1. The zero-order valence-corrected chi connectivity index (χ0v) is 17.4. The van der Waals surface area contributed by atoms with Crippen molar-refractivity contribution >= 4 is 21.6 Å². The number of thiophene rings is 1. The fourth-order valence-corrected chi connectivity index (χ4v) is 5.73. The highest BCUT2D eigenvalue weighted by Crippen LogP contribution is 2.45. The molecule has 6 heteroatoms. The van der Waals surface area contributed by atoms with E-state index in [1.54, 1.807) is 0 Å². The Hall–Kier alpha value is -1.08. The SMILES string of the molecule is Cc1nc(CN2CCC(O)C(O)C2)c2cc(C3CCC(C)(C)CC3)sc2n1. The van der Waals surface area contributed by atoms with Gasteiger partial charge in [0.25, 0.3) is 0 Å². The fourth-order valence-electron chi connectivity index (χ4n) is 4.46. The van der Waals surface area contributed by atoms with E-state index in [1.807, 2.05) is 18.3 Å². The smallest absolute Gasteiger partial charge is 0.127 e. The van der Waals surface area contributed by atoms with E-state index in [0.29, 0.717) is 30.8 Å². The van der Waals surface area contributed by atoms with Gasteiger partial charge in [0.2, 0.25) is 0 Å². The van der Waals surface area contributed by atoms with Crippen molar-refractivity contribution in [2.24, 2.45) is 5.41 Å². The van der Waals surface area contributed by atoms with Gasteiger partial charge in [-0.15, -0.1) is 11.3 Å². The summed E-state index contributed by atoms with van der Waals surface area (Å²) in [7, 11) is 0. The highest BCUT2D eigenvalue weighted by Gasteiger charge is 2.30. The van der Waals surface area contributed by atoms with Crippen molar-refractivity contribution in [3.63, 3.8) is 0 Å². The van der Waals surface area contributed by atoms with Gasteiger partial charge in [-0.2, -0.15) is 0 Å². The zero-order chi connectivity index (χ0) is 19.2. The molecule has 2 unspecified atom stereocenters. The monoisotopic (exact) mass is 389 g/mol. The molecule has 1 aliphatic heterocycles. The Morgan fingerprint density at radius 3 is 2.59 bits per heavy atom. The molecule has 1 saturated carbocycles. The van der Waals surface area contributed by atoms with Gasteiger partial charge >= 0.3 is 0 Å². The van der Waals surface area contributed by atoms with Crippen molar-refractivity contribution in [3.8, 4) is 0 Å². The van der Waals surface area contributed by atoms with Crippen LogP contribution < -0.4 is 0 Å². The van der Waals surface area contributed by atoms with Crippen LogP contribution in [-0.4, -0.2) is 50.4 Å². The minimum Gasteiger partial charge on any atom is -0.390 e. The first-order valence-electron chi connectivity index (χ1n) is 10.2. The minimum absolute atomic E-state index is 0.481. The number of likely N-dealkylation sites (tertiary alicyclic amines) is 1. The standard InChI is InChI=1S/C21H31N3O2S/c1-13-22-16(11-24-9-6-17(25)18(26)12-24)15-10-19(27-20(15)23-13)14-4-7-21(2,3)8-5-14/h10,14,17-18,25-26H,4-9,11-12H2,1-3H3. The van der Waals surface area contributed by atoms with E-state index < -0.39 is 12.2 Å². The topological polar surface area (TPSA) is 69.5 Å². The van der Waals surface area contributed by atoms with Crippen molar-refractivity contribution in [1.29, 1.82) is 0 Å². The van der Waals surface area contributed by atoms with Gasteiger partial charge in [-0.1, -0.05) is 13.8 Å². The van der Waals surface area contributed by atoms with Gasteiger partial charge in [-0.05, 0) is 56.4 Å². The fraction of sp³-hybridized carbons (Fsp3) is 0.714. The molecule has 0 spiro atoms. The number of β-amino-alcohol motifs (C(OH)–C–C–N with tert-alkyl or cyclic N) is 1. The molecular weight excluding hydrogens is 358 g/mol. The molecule has 3 heterocycles. The van der Waals surface area contributed by atoms with Crippen LogP contribution in [0.25, 0.3) is 10.2 Å². The predicted octanol–water partition coefficient (Wildman–Crippen LogP) is 3.61. The maximum atomic E-state index is 9.99. The second-order valence-electron chi connectivity index (χ2n) is 9.18. The third-order valence-electron chi connectivity index (χ3n) is 6.35. The maximum absolute atomic E-state index is 9.99. The molecule has 2 atom stereocenters. The van der Waals surface area contributed by atoms with Gasteiger partial charge < -0.3 is 10.2 Å². The van der Waals surface area contributed by atoms with Gasteiger partial charge in [0.05, 0.1) is 17.9 Å². The third-order valence-corrected chi connectivity index (χ3v) is 7.54. The second-order valence-corrected chi connectivity index (χ2v) is 10.2. The Morgan fingerprint density at radius 1 is 1.15 bits per heavy atom. The van der Waals surface area contributed by atoms with Gasteiger partial charge in [0, 0.05) is 29.9 Å². The number of rotatable bonds is 3. The summed E-state index contributed by atoms with van der Waals surface area (Å²) in [5, 5.41) is 20.9. The van der Waals surface area contributed by atoms with E-state index in [9.17, 15) is 10.2 Å². The first-order chi connectivity index (χ1) is 12.8. The lowest BCUT2D eigenvalue weighted by molar-refractivity contribution is -0.0405. The van der Waals surface area contributed by atoms with Crippen LogP contribution in [0.15, 0.2) is 6.07 Å². The van der Waals surface area contributed by atoms with E-state index in [0.717, 1.165) is 22.9 Å². The number of aromatic nitrogens is 2. The number of aliphatic hydroxyl groups excluding tert-OH is 2. The lowest BCUT2D eigenvalue weighted by Crippen LogP contribution is -2.46. The molecule has 0 aromatic carbocycles. The number of aliphatic hydroxyl groups is 2. The summed E-state index contributed by atoms with van der Waals surface area (Å²) in [6.07, 6.45) is 4.45. The average molecular weight is 390 g/mol. The maximum Gasteiger partial charge on any atom is 0.127 e. The van der Waals surface area contributed by atoms with Crippen LogP contribution >= 0.6 is 11.3 Å². The molecule has 148 valence electrons. The lowest BCUT2D eigenvalue weighted by Gasteiger charge is -2.33. The molecular formula is C21H31N3O2S. The molecule has 5 nitrogen and oxygen atoms in total. The molecule has 2 aromatic rings. The van der Waals surface area contributed by atoms with E-state index in [-0.39, 0.29) is 0 Å². The Bertz CT molecular complexity index is 809. The van der Waals surface area contributed by atoms with Gasteiger partial charge in [0.1, 0.15) is 10.7 Å². The highest BCUT2D eigenvalue weighted by molar-refractivity contribution is 7.18. The third kappa shape index (κ3) is 4.19. The van der Waals surface area contributed by atoms with Gasteiger partial charge in [-0.25, -0.2) is 9.97 Å². The van der Waals surface area contributed by atoms with Crippen molar-refractivity contribution < 1.29 is 10.2 Å². The molecule has 2 aliphatic rings. The van der Waals surface area contributed by atoms with Crippen LogP contribution in [0, 0.1) is 12.3 Å². The van der Waals surface area contributed by atoms with Crippen LogP contribution in [0.5, 0.6) is 0 Å². The Labute approximate surface area is 165 Å². The molecule has 2 N–H and O–H groups in total. The number of fused-ring (bicyclic) bond motifs is 1. The van der Waals surface area contributed by atoms with Gasteiger partial charge in [0.15, 0.2) is 0 Å². The molecule has 27 heavy (non-hydrogen) atoms. The van der Waals surface area contributed by atoms with Crippen molar-refractivity contribution in [1.82, 2.24) is 14.9 Å². The molecule has 1 aliphatic carbocycles. The molecule has 0 bridgehead atoms. The summed E-state index contributed by atoms with van der Waals surface area (Å²) >= 11 is 1.84. The summed E-state index contributed by atoms with van der Waals surface area (Å²) in [5.41, 5.74) is 1.54. The number of hydrogen-bond acceptors (Lipinski definition) is 6. The van der Waals surface area contributed by atoms with E-state index >= 15 is 0 Å². The quantitative estimate of drug-likeness (QED) is 0.839. The molecule has 1 saturated heterocycles. The van der Waals surface area contributed by atoms with Crippen LogP contribution in [0.4, 0.5) is 0 Å². The Balaban J connectivity index is 1.57. The predicted molar refractivity (Wildman–Crippen MR) is 109 cm³/mol. The first kappa shape index (κ1) is 19.2. The molecule has 2 fully saturated rings. The molecule has 0 amide bonds. The largest absolute Gasteiger partial charge is 0.390 e. The van der Waals surface area contributed by atoms with Crippen molar-refractivity contribution in [3.05, 3.63) is 22.5 Å². The van der Waals surface area contributed by atoms with E-state index in [4.69, 9.17) is 9.97 Å². The van der Waals surface area contributed by atoms with Crippen LogP contribution in [0.2, 0.25) is 0 Å². The normalized spacial score (nSPS) is 27.3. The number of aryl methyl sites for hydroxylation is 1. The second kappa shape index (κ2) is 7.39. The molecule has 2 aromatic heterocycles. The Morgan fingerprint density at radius 2 is 1.89 bits per heavy atom. The van der Waals surface area contributed by atoms with Crippen molar-refractivity contribution in [2.45, 2.75) is 77.5 Å². The van der Waals surface area contributed by atoms with E-state index in [2.05, 4.69) is 24.8 Å². The summed E-state index contributed by atoms with van der Waals surface area (Å²) in [6.45, 7) is 8.71. The molecule has 4 rings (SSSR count). The van der Waals surface area contributed by atoms with Crippen LogP contribution in [-0.2, 0) is 6.54 Å². The summed E-state index contributed by atoms with van der Waals surface area (Å²) < 4.78 is 0. The van der Waals surface area contributed by atoms with Crippen molar-refractivity contribution in [2.75, 3.05) is 13.1 Å². The van der Waals surface area contributed by atoms with E-state index in [1.165, 1.54) is 35.9 Å².